The molecule has 3 rings (SSSR count). The Balaban J connectivity index is 1.84. The average molecular weight is 420 g/mol. The van der Waals surface area contributed by atoms with Crippen molar-refractivity contribution in [2.75, 3.05) is 31.1 Å². The number of hydrogen-bond acceptors (Lipinski definition) is 7. The second-order valence-corrected chi connectivity index (χ2v) is 9.33. The molecule has 29 heavy (non-hydrogen) atoms. The summed E-state index contributed by atoms with van der Waals surface area (Å²) in [7, 11) is -3.97. The maximum Gasteiger partial charge on any atom is 0.289 e. The molecule has 0 aliphatic carbocycles. The van der Waals surface area contributed by atoms with Gasteiger partial charge in [0.1, 0.15) is 11.6 Å². The monoisotopic (exact) mass is 419 g/mol. The minimum absolute atomic E-state index is 0.192. The lowest BCUT2D eigenvalue weighted by Gasteiger charge is -2.35. The molecule has 0 spiro atoms. The van der Waals surface area contributed by atoms with Crippen LogP contribution >= 0.6 is 0 Å². The van der Waals surface area contributed by atoms with E-state index in [0.29, 0.717) is 18.7 Å². The van der Waals surface area contributed by atoms with E-state index in [4.69, 9.17) is 0 Å². The van der Waals surface area contributed by atoms with Gasteiger partial charge in [-0.05, 0) is 19.4 Å². The molecule has 1 aliphatic rings. The van der Waals surface area contributed by atoms with Crippen molar-refractivity contribution in [1.82, 2.24) is 14.3 Å². The zero-order valence-corrected chi connectivity index (χ0v) is 17.8. The van der Waals surface area contributed by atoms with Crippen molar-refractivity contribution in [3.63, 3.8) is 0 Å². The van der Waals surface area contributed by atoms with Crippen molar-refractivity contribution < 1.29 is 13.3 Å². The Labute approximate surface area is 170 Å². The fourth-order valence-electron chi connectivity index (χ4n) is 3.40. The summed E-state index contributed by atoms with van der Waals surface area (Å²) in [5.41, 5.74) is 0.847. The number of aryl methyl sites for hydroxylation is 2. The van der Waals surface area contributed by atoms with Crippen molar-refractivity contribution >= 4 is 21.5 Å². The van der Waals surface area contributed by atoms with Gasteiger partial charge in [-0.2, -0.15) is 4.31 Å². The van der Waals surface area contributed by atoms with Crippen LogP contribution in [0.1, 0.15) is 36.8 Å². The molecule has 0 bridgehead atoms. The highest BCUT2D eigenvalue weighted by atomic mass is 32.2. The highest BCUT2D eigenvalue weighted by molar-refractivity contribution is 7.89. The predicted octanol–water partition coefficient (Wildman–Crippen LogP) is 2.64. The molecular weight excluding hydrogens is 394 g/mol. The van der Waals surface area contributed by atoms with Crippen LogP contribution in [0.3, 0.4) is 0 Å². The molecule has 0 N–H and O–H groups in total. The number of nitro benzene ring substituents is 1. The number of nitrogens with zero attached hydrogens (tertiary/aromatic N) is 5. The van der Waals surface area contributed by atoms with Gasteiger partial charge in [-0.15, -0.1) is 0 Å². The van der Waals surface area contributed by atoms with E-state index >= 15 is 0 Å². The molecule has 0 radical (unpaired) electrons. The van der Waals surface area contributed by atoms with E-state index < -0.39 is 14.9 Å². The van der Waals surface area contributed by atoms with E-state index in [1.165, 1.54) is 16.4 Å². The first kappa shape index (κ1) is 21.1. The normalized spacial score (nSPS) is 15.7. The lowest BCUT2D eigenvalue weighted by Crippen LogP contribution is -2.49. The van der Waals surface area contributed by atoms with E-state index in [9.17, 15) is 18.5 Å². The molecule has 10 heteroatoms. The zero-order valence-electron chi connectivity index (χ0n) is 17.0. The molecule has 1 aromatic heterocycles. The summed E-state index contributed by atoms with van der Waals surface area (Å²) < 4.78 is 27.6. The van der Waals surface area contributed by atoms with Gasteiger partial charge < -0.3 is 4.90 Å². The summed E-state index contributed by atoms with van der Waals surface area (Å²) >= 11 is 0. The van der Waals surface area contributed by atoms with Crippen molar-refractivity contribution in [1.29, 1.82) is 0 Å². The summed E-state index contributed by atoms with van der Waals surface area (Å²) in [5, 5.41) is 11.4. The van der Waals surface area contributed by atoms with Crippen LogP contribution in [0.15, 0.2) is 29.2 Å². The summed E-state index contributed by atoms with van der Waals surface area (Å²) in [6.07, 6.45) is 0. The molecular formula is C19H25N5O4S. The third-order valence-electron chi connectivity index (χ3n) is 4.92. The zero-order chi connectivity index (χ0) is 21.3. The lowest BCUT2D eigenvalue weighted by atomic mass is 10.2. The minimum Gasteiger partial charge on any atom is -0.354 e. The van der Waals surface area contributed by atoms with Crippen LogP contribution in [0.5, 0.6) is 0 Å². The molecule has 2 heterocycles. The first-order chi connectivity index (χ1) is 13.6. The molecule has 0 atom stereocenters. The standard InChI is InChI=1S/C19H25N5O4S/c1-13(2)19-20-15(4)12-17(21-19)22-8-10-23(11-9-22)29(27,28)18-14(3)6-5-7-16(18)24(25)26/h5-7,12-13H,8-11H2,1-4H3. The Morgan fingerprint density at radius 1 is 1.10 bits per heavy atom. The van der Waals surface area contributed by atoms with E-state index in [2.05, 4.69) is 9.97 Å². The predicted molar refractivity (Wildman–Crippen MR) is 110 cm³/mol. The number of sulfonamides is 1. The second kappa shape index (κ2) is 8.03. The van der Waals surface area contributed by atoms with Crippen LogP contribution in [0.2, 0.25) is 0 Å². The van der Waals surface area contributed by atoms with Crippen molar-refractivity contribution in [2.24, 2.45) is 0 Å². The number of hydrogen-bond donors (Lipinski definition) is 0. The number of nitro groups is 1. The van der Waals surface area contributed by atoms with E-state index in [0.717, 1.165) is 17.3 Å². The van der Waals surface area contributed by atoms with Gasteiger partial charge in [-0.25, -0.2) is 18.4 Å². The first-order valence-corrected chi connectivity index (χ1v) is 10.9. The van der Waals surface area contributed by atoms with Crippen LogP contribution in [-0.4, -0.2) is 53.8 Å². The summed E-state index contributed by atoms with van der Waals surface area (Å²) in [5.74, 6) is 1.72. The molecule has 9 nitrogen and oxygen atoms in total. The smallest absolute Gasteiger partial charge is 0.289 e. The molecule has 1 fully saturated rings. The van der Waals surface area contributed by atoms with Crippen molar-refractivity contribution in [2.45, 2.75) is 38.5 Å². The minimum atomic E-state index is -3.97. The van der Waals surface area contributed by atoms with Gasteiger partial charge in [0, 0.05) is 49.9 Å². The van der Waals surface area contributed by atoms with Crippen LogP contribution in [0.4, 0.5) is 11.5 Å². The Morgan fingerprint density at radius 3 is 2.34 bits per heavy atom. The fourth-order valence-corrected chi connectivity index (χ4v) is 5.18. The average Bonchev–Trinajstić information content (AvgIpc) is 2.67. The van der Waals surface area contributed by atoms with Crippen LogP contribution < -0.4 is 4.90 Å². The fraction of sp³-hybridized carbons (Fsp3) is 0.474. The third-order valence-corrected chi connectivity index (χ3v) is 7.01. The molecule has 0 saturated carbocycles. The third kappa shape index (κ3) is 4.23. The van der Waals surface area contributed by atoms with Gasteiger partial charge in [0.15, 0.2) is 4.90 Å². The van der Waals surface area contributed by atoms with Gasteiger partial charge in [-0.1, -0.05) is 26.0 Å². The molecule has 0 unspecified atom stereocenters. The SMILES string of the molecule is Cc1cc(N2CCN(S(=O)(=O)c3c(C)cccc3[N+](=O)[O-])CC2)nc(C(C)C)n1. The molecule has 156 valence electrons. The van der Waals surface area contributed by atoms with Gasteiger partial charge in [0.25, 0.3) is 5.69 Å². The maximum atomic E-state index is 13.2. The van der Waals surface area contributed by atoms with Crippen LogP contribution in [0, 0.1) is 24.0 Å². The highest BCUT2D eigenvalue weighted by Crippen LogP contribution is 2.30. The summed E-state index contributed by atoms with van der Waals surface area (Å²) in [6, 6.07) is 6.19. The van der Waals surface area contributed by atoms with E-state index in [1.807, 2.05) is 31.7 Å². The number of benzene rings is 1. The number of aromatic nitrogens is 2. The number of piperazine rings is 1. The Kier molecular flexibility index (Phi) is 5.85. The summed E-state index contributed by atoms with van der Waals surface area (Å²) in [4.78, 5) is 21.6. The number of rotatable bonds is 5. The lowest BCUT2D eigenvalue weighted by molar-refractivity contribution is -0.387. The van der Waals surface area contributed by atoms with Crippen molar-refractivity contribution in [3.05, 3.63) is 51.5 Å². The molecule has 1 saturated heterocycles. The largest absolute Gasteiger partial charge is 0.354 e. The summed E-state index contributed by atoms with van der Waals surface area (Å²) in [6.45, 7) is 8.90. The highest BCUT2D eigenvalue weighted by Gasteiger charge is 2.35. The molecule has 2 aromatic rings. The Bertz CT molecular complexity index is 1030. The van der Waals surface area contributed by atoms with E-state index in [1.54, 1.807) is 13.0 Å². The molecule has 0 amide bonds. The van der Waals surface area contributed by atoms with Crippen LogP contribution in [-0.2, 0) is 10.0 Å². The Hall–Kier alpha value is -2.59. The topological polar surface area (TPSA) is 110 Å². The quantitative estimate of drug-likeness (QED) is 0.541. The van der Waals surface area contributed by atoms with Crippen LogP contribution in [0.25, 0.3) is 0 Å². The Morgan fingerprint density at radius 2 is 1.76 bits per heavy atom. The van der Waals surface area contributed by atoms with Gasteiger partial charge in [0.2, 0.25) is 10.0 Å². The maximum absolute atomic E-state index is 13.2. The number of anilines is 1. The van der Waals surface area contributed by atoms with Crippen molar-refractivity contribution in [3.8, 4) is 0 Å². The van der Waals surface area contributed by atoms with Gasteiger partial charge in [0.05, 0.1) is 4.92 Å². The van der Waals surface area contributed by atoms with Gasteiger partial charge in [-0.3, -0.25) is 10.1 Å². The first-order valence-electron chi connectivity index (χ1n) is 9.46. The molecule has 1 aromatic carbocycles. The molecule has 1 aliphatic heterocycles. The van der Waals surface area contributed by atoms with E-state index in [-0.39, 0.29) is 29.6 Å². The van der Waals surface area contributed by atoms with Gasteiger partial charge >= 0.3 is 0 Å². The second-order valence-electron chi connectivity index (χ2n) is 7.45.